The Bertz CT molecular complexity index is 725. The van der Waals surface area contributed by atoms with E-state index >= 15 is 0 Å². The lowest BCUT2D eigenvalue weighted by molar-refractivity contribution is 0.0879. The first kappa shape index (κ1) is 23.9. The summed E-state index contributed by atoms with van der Waals surface area (Å²) in [6.45, 7) is 12.4. The van der Waals surface area contributed by atoms with Gasteiger partial charge in [0.05, 0.1) is 12.2 Å². The van der Waals surface area contributed by atoms with Gasteiger partial charge in [-0.25, -0.2) is 0 Å². The van der Waals surface area contributed by atoms with E-state index in [1.807, 2.05) is 6.92 Å². The van der Waals surface area contributed by atoms with Crippen LogP contribution in [-0.4, -0.2) is 33.1 Å². The average molecular weight is 401 g/mol. The van der Waals surface area contributed by atoms with Crippen molar-refractivity contribution in [2.75, 3.05) is 0 Å². The third-order valence-electron chi connectivity index (χ3n) is 6.96. The van der Waals surface area contributed by atoms with Gasteiger partial charge in [-0.3, -0.25) is 0 Å². The Morgan fingerprint density at radius 3 is 2.62 bits per heavy atom. The molecule has 0 heterocycles. The van der Waals surface area contributed by atoms with Crippen LogP contribution in [0.2, 0.25) is 0 Å². The highest BCUT2D eigenvalue weighted by molar-refractivity contribution is 5.35. The van der Waals surface area contributed by atoms with E-state index in [-0.39, 0.29) is 5.41 Å². The first-order chi connectivity index (χ1) is 13.4. The molecule has 2 aliphatic rings. The minimum absolute atomic E-state index is 0.221. The predicted octanol–water partition coefficient (Wildman–Crippen LogP) is 4.93. The topological polar surface area (TPSA) is 60.7 Å². The lowest BCUT2D eigenvalue weighted by atomic mass is 9.63. The molecular weight excluding hydrogens is 360 g/mol. The number of aliphatic hydroxyl groups is 3. The smallest absolute Gasteiger partial charge is 0.119 e. The van der Waals surface area contributed by atoms with Crippen molar-refractivity contribution in [3.05, 3.63) is 34.9 Å². The van der Waals surface area contributed by atoms with Crippen LogP contribution < -0.4 is 0 Å². The van der Waals surface area contributed by atoms with E-state index in [9.17, 15) is 15.3 Å². The van der Waals surface area contributed by atoms with Gasteiger partial charge in [0.15, 0.2) is 0 Å². The van der Waals surface area contributed by atoms with Gasteiger partial charge in [-0.15, -0.1) is 5.92 Å². The second-order valence-corrected chi connectivity index (χ2v) is 10.1. The van der Waals surface area contributed by atoms with E-state index in [0.717, 1.165) is 30.4 Å². The molecule has 0 unspecified atom stereocenters. The summed E-state index contributed by atoms with van der Waals surface area (Å²) in [7, 11) is 0. The molecule has 162 valence electrons. The second kappa shape index (κ2) is 9.65. The van der Waals surface area contributed by atoms with Gasteiger partial charge in [-0.1, -0.05) is 50.5 Å². The van der Waals surface area contributed by atoms with Gasteiger partial charge < -0.3 is 15.3 Å². The third kappa shape index (κ3) is 6.85. The van der Waals surface area contributed by atoms with Gasteiger partial charge >= 0.3 is 0 Å². The molecule has 0 amide bonds. The summed E-state index contributed by atoms with van der Waals surface area (Å²) in [6, 6.07) is 0. The van der Waals surface area contributed by atoms with Crippen LogP contribution in [0.1, 0.15) is 80.1 Å². The maximum absolute atomic E-state index is 10.1. The zero-order valence-electron chi connectivity index (χ0n) is 19.1. The summed E-state index contributed by atoms with van der Waals surface area (Å²) in [5.74, 6) is 7.10. The van der Waals surface area contributed by atoms with E-state index in [0.29, 0.717) is 24.7 Å². The van der Waals surface area contributed by atoms with Crippen LogP contribution in [0.15, 0.2) is 34.9 Å². The first-order valence-corrected chi connectivity index (χ1v) is 11.1. The Hall–Kier alpha value is -1.34. The van der Waals surface area contributed by atoms with Gasteiger partial charge in [0.25, 0.3) is 0 Å². The molecule has 3 heteroatoms. The third-order valence-corrected chi connectivity index (χ3v) is 6.96. The summed E-state index contributed by atoms with van der Waals surface area (Å²) >= 11 is 0. The minimum Gasteiger partial charge on any atom is -0.393 e. The van der Waals surface area contributed by atoms with Crippen molar-refractivity contribution in [2.24, 2.45) is 17.3 Å². The zero-order chi connectivity index (χ0) is 21.8. The molecule has 0 aromatic rings. The van der Waals surface area contributed by atoms with Crippen molar-refractivity contribution in [3.63, 3.8) is 0 Å². The molecule has 3 nitrogen and oxygen atoms in total. The van der Waals surface area contributed by atoms with Crippen LogP contribution in [0.25, 0.3) is 0 Å². The Labute approximate surface area is 177 Å². The van der Waals surface area contributed by atoms with Crippen molar-refractivity contribution in [3.8, 4) is 11.8 Å². The number of hydrogen-bond acceptors (Lipinski definition) is 3. The van der Waals surface area contributed by atoms with Gasteiger partial charge in [0.2, 0.25) is 0 Å². The van der Waals surface area contributed by atoms with E-state index in [1.165, 1.54) is 12.0 Å². The van der Waals surface area contributed by atoms with Gasteiger partial charge in [-0.05, 0) is 74.9 Å². The fourth-order valence-corrected chi connectivity index (χ4v) is 4.58. The highest BCUT2D eigenvalue weighted by Gasteiger charge is 2.35. The molecule has 0 saturated carbocycles. The molecule has 0 bridgehead atoms. The lowest BCUT2D eigenvalue weighted by Crippen LogP contribution is -2.32. The molecule has 0 saturated heterocycles. The van der Waals surface area contributed by atoms with E-state index in [1.54, 1.807) is 13.8 Å². The number of aliphatic hydroxyl groups excluding tert-OH is 2. The molecule has 0 aliphatic heterocycles. The standard InChI is InChI=1S/C26H40O3/c1-18(9-7-13-25(4,5)29)20(3)26(6)14-8-10-21(17-26)11-12-22-15-23(27)16-24(28)19(22)2/h10-12,18,20,23-24,27-29H,8-9,14-17H2,1-6H3/b12-11-/t18-,20-,23-,24+,26+/m1/s1. The molecule has 0 aromatic carbocycles. The summed E-state index contributed by atoms with van der Waals surface area (Å²) < 4.78 is 0. The molecule has 5 atom stereocenters. The lowest BCUT2D eigenvalue weighted by Gasteiger charge is -2.41. The molecule has 0 radical (unpaired) electrons. The monoisotopic (exact) mass is 400 g/mol. The van der Waals surface area contributed by atoms with Crippen molar-refractivity contribution < 1.29 is 15.3 Å². The highest BCUT2D eigenvalue weighted by Crippen LogP contribution is 2.46. The zero-order valence-corrected chi connectivity index (χ0v) is 19.1. The molecular formula is C26H40O3. The molecule has 2 aliphatic carbocycles. The Morgan fingerprint density at radius 2 is 1.97 bits per heavy atom. The van der Waals surface area contributed by atoms with Crippen molar-refractivity contribution in [2.45, 2.75) is 97.9 Å². The van der Waals surface area contributed by atoms with E-state index < -0.39 is 17.8 Å². The first-order valence-electron chi connectivity index (χ1n) is 11.1. The van der Waals surface area contributed by atoms with E-state index in [2.05, 4.69) is 50.8 Å². The predicted molar refractivity (Wildman–Crippen MR) is 120 cm³/mol. The van der Waals surface area contributed by atoms with Crippen molar-refractivity contribution in [1.82, 2.24) is 0 Å². The van der Waals surface area contributed by atoms with Crippen LogP contribution in [0, 0.1) is 29.1 Å². The van der Waals surface area contributed by atoms with Gasteiger partial charge in [0, 0.05) is 12.8 Å². The molecule has 29 heavy (non-hydrogen) atoms. The second-order valence-electron chi connectivity index (χ2n) is 10.1. The van der Waals surface area contributed by atoms with Crippen LogP contribution in [0.3, 0.4) is 0 Å². The molecule has 0 spiro atoms. The van der Waals surface area contributed by atoms with Crippen molar-refractivity contribution in [1.29, 1.82) is 0 Å². The minimum atomic E-state index is -0.925. The van der Waals surface area contributed by atoms with Crippen LogP contribution in [0.5, 0.6) is 0 Å². The Kier molecular flexibility index (Phi) is 7.96. The number of allylic oxidation sites excluding steroid dienone is 4. The van der Waals surface area contributed by atoms with Crippen LogP contribution >= 0.6 is 0 Å². The van der Waals surface area contributed by atoms with Gasteiger partial charge in [0.1, 0.15) is 5.60 Å². The normalized spacial score (nSPS) is 30.6. The maximum atomic E-state index is 10.1. The van der Waals surface area contributed by atoms with Crippen LogP contribution in [0.4, 0.5) is 0 Å². The SMILES string of the molecule is CC1=C(/C=C\C2=CCC[C@](C)([C@H](C)[C@H](C)CC#CC(C)(C)O)C2)C[C@@H](O)C[C@@H]1O. The number of rotatable bonds is 5. The maximum Gasteiger partial charge on any atom is 0.119 e. The number of hydrogen-bond donors (Lipinski definition) is 3. The summed E-state index contributed by atoms with van der Waals surface area (Å²) in [6.07, 6.45) is 10.8. The van der Waals surface area contributed by atoms with E-state index in [4.69, 9.17) is 0 Å². The Morgan fingerprint density at radius 1 is 1.28 bits per heavy atom. The quantitative estimate of drug-likeness (QED) is 0.574. The molecule has 3 N–H and O–H groups in total. The fourth-order valence-electron chi connectivity index (χ4n) is 4.58. The van der Waals surface area contributed by atoms with Crippen LogP contribution in [-0.2, 0) is 0 Å². The highest BCUT2D eigenvalue weighted by atomic mass is 16.3. The average Bonchev–Trinajstić information content (AvgIpc) is 2.61. The molecule has 2 rings (SSSR count). The molecule has 0 aromatic heterocycles. The Balaban J connectivity index is 2.05. The van der Waals surface area contributed by atoms with Gasteiger partial charge in [-0.2, -0.15) is 0 Å². The summed E-state index contributed by atoms with van der Waals surface area (Å²) in [4.78, 5) is 0. The summed E-state index contributed by atoms with van der Waals surface area (Å²) in [5.41, 5.74) is 2.69. The largest absolute Gasteiger partial charge is 0.393 e. The summed E-state index contributed by atoms with van der Waals surface area (Å²) in [5, 5.41) is 29.9. The molecule has 0 fully saturated rings. The fraction of sp³-hybridized carbons (Fsp3) is 0.692. The van der Waals surface area contributed by atoms with Crippen molar-refractivity contribution >= 4 is 0 Å².